The third-order valence-corrected chi connectivity index (χ3v) is 3.58. The van der Waals surface area contributed by atoms with Gasteiger partial charge in [0.15, 0.2) is 30.7 Å². The van der Waals surface area contributed by atoms with Crippen LogP contribution < -0.4 is 0 Å². The maximum Gasteiger partial charge on any atom is 0.339 e. The first-order valence-corrected chi connectivity index (χ1v) is 7.19. The number of hydrogen-bond acceptors (Lipinski definition) is 10. The zero-order valence-corrected chi connectivity index (χ0v) is 14.0. The lowest BCUT2D eigenvalue weighted by Crippen LogP contribution is -2.61. The molecule has 2 heterocycles. The highest BCUT2D eigenvalue weighted by molar-refractivity contribution is 5.77. The van der Waals surface area contributed by atoms with Crippen LogP contribution in [0.25, 0.3) is 0 Å². The van der Waals surface area contributed by atoms with Crippen LogP contribution in [-0.2, 0) is 47.5 Å². The van der Waals surface area contributed by atoms with Crippen molar-refractivity contribution in [2.24, 2.45) is 0 Å². The first-order chi connectivity index (χ1) is 11.2. The molecule has 0 aliphatic carbocycles. The van der Waals surface area contributed by atoms with E-state index in [-0.39, 0.29) is 0 Å². The summed E-state index contributed by atoms with van der Waals surface area (Å²) in [7, 11) is 2.49. The van der Waals surface area contributed by atoms with E-state index in [0.29, 0.717) is 0 Å². The summed E-state index contributed by atoms with van der Waals surface area (Å²) in [4.78, 5) is 34.9. The van der Waals surface area contributed by atoms with Crippen LogP contribution in [0.5, 0.6) is 0 Å². The normalized spacial score (nSPS) is 38.1. The molecule has 24 heavy (non-hydrogen) atoms. The van der Waals surface area contributed by atoms with E-state index in [2.05, 4.69) is 4.74 Å². The van der Waals surface area contributed by atoms with E-state index >= 15 is 0 Å². The molecule has 0 aromatic rings. The zero-order valence-electron chi connectivity index (χ0n) is 14.0. The molecule has 2 aliphatic heterocycles. The first-order valence-electron chi connectivity index (χ1n) is 7.19. The second kappa shape index (κ2) is 7.01. The van der Waals surface area contributed by atoms with Crippen molar-refractivity contribution in [2.45, 2.75) is 57.5 Å². The van der Waals surface area contributed by atoms with Crippen molar-refractivity contribution in [3.8, 4) is 0 Å². The van der Waals surface area contributed by atoms with Gasteiger partial charge in [0.25, 0.3) is 5.97 Å². The largest absolute Gasteiger partial charge is 0.467 e. The average molecular weight is 348 g/mol. The fraction of sp³-hybridized carbons (Fsp3) is 0.786. The van der Waals surface area contributed by atoms with E-state index in [4.69, 9.17) is 28.4 Å². The molecule has 2 fully saturated rings. The van der Waals surface area contributed by atoms with Crippen molar-refractivity contribution < 1.29 is 47.5 Å². The Morgan fingerprint density at radius 3 is 2.04 bits per heavy atom. The van der Waals surface area contributed by atoms with Crippen molar-refractivity contribution in [3.05, 3.63) is 0 Å². The van der Waals surface area contributed by atoms with E-state index in [0.717, 1.165) is 14.0 Å². The van der Waals surface area contributed by atoms with E-state index < -0.39 is 54.6 Å². The van der Waals surface area contributed by atoms with Crippen LogP contribution in [0.3, 0.4) is 0 Å². The predicted octanol–water partition coefficient (Wildman–Crippen LogP) is -0.517. The van der Waals surface area contributed by atoms with Gasteiger partial charge in [-0.3, -0.25) is 14.3 Å². The third kappa shape index (κ3) is 3.66. The topological polar surface area (TPSA) is 116 Å². The number of rotatable bonds is 4. The van der Waals surface area contributed by atoms with Crippen LogP contribution in [0.1, 0.15) is 20.8 Å². The minimum absolute atomic E-state index is 0.656. The molecule has 0 radical (unpaired) electrons. The summed E-state index contributed by atoms with van der Waals surface area (Å²) in [6.07, 6.45) is -5.82. The molecule has 0 aromatic heterocycles. The summed E-state index contributed by atoms with van der Waals surface area (Å²) in [6.45, 7) is 3.80. The Labute approximate surface area is 138 Å². The van der Waals surface area contributed by atoms with Gasteiger partial charge in [-0.05, 0) is 0 Å². The van der Waals surface area contributed by atoms with Gasteiger partial charge < -0.3 is 28.4 Å². The number of ether oxygens (including phenoxy) is 7. The Morgan fingerprint density at radius 1 is 0.958 bits per heavy atom. The summed E-state index contributed by atoms with van der Waals surface area (Å²) in [5.41, 5.74) is 0. The highest BCUT2D eigenvalue weighted by Gasteiger charge is 2.60. The summed E-state index contributed by atoms with van der Waals surface area (Å²) in [6, 6.07) is 0. The molecule has 0 saturated carbocycles. The summed E-state index contributed by atoms with van der Waals surface area (Å²) in [5.74, 6) is -3.64. The fourth-order valence-corrected chi connectivity index (χ4v) is 2.57. The number of hydrogen-bond donors (Lipinski definition) is 0. The molecule has 0 N–H and O–H groups in total. The van der Waals surface area contributed by atoms with Gasteiger partial charge in [-0.1, -0.05) is 0 Å². The van der Waals surface area contributed by atoms with Gasteiger partial charge in [0, 0.05) is 27.9 Å². The van der Waals surface area contributed by atoms with Gasteiger partial charge in [0.1, 0.15) is 0 Å². The van der Waals surface area contributed by atoms with Crippen molar-refractivity contribution in [1.82, 2.24) is 0 Å². The Kier molecular flexibility index (Phi) is 5.43. The second-order valence-electron chi connectivity index (χ2n) is 5.36. The molecule has 0 aromatic carbocycles. The minimum atomic E-state index is -1.47. The van der Waals surface area contributed by atoms with Crippen LogP contribution in [0.15, 0.2) is 0 Å². The average Bonchev–Trinajstić information content (AvgIpc) is 2.85. The molecule has 0 amide bonds. The first kappa shape index (κ1) is 18.6. The fourth-order valence-electron chi connectivity index (χ4n) is 2.57. The molecule has 2 saturated heterocycles. The van der Waals surface area contributed by atoms with Gasteiger partial charge in [0.2, 0.25) is 0 Å². The summed E-state index contributed by atoms with van der Waals surface area (Å²) in [5, 5.41) is 0. The van der Waals surface area contributed by atoms with E-state index in [9.17, 15) is 14.4 Å². The SMILES string of the molecule is COC(=O)[C@@H]1O[C@@H]2O[C@](C)(OC)O[C@@H]2[C@@H](OC(C)=O)[C@@H]1OC(C)=O. The molecule has 0 unspecified atom stereocenters. The van der Waals surface area contributed by atoms with E-state index in [1.54, 1.807) is 0 Å². The molecule has 0 spiro atoms. The maximum absolute atomic E-state index is 12.0. The Hall–Kier alpha value is -1.75. The lowest BCUT2D eigenvalue weighted by atomic mass is 9.98. The number of methoxy groups -OCH3 is 2. The minimum Gasteiger partial charge on any atom is -0.467 e. The van der Waals surface area contributed by atoms with Crippen LogP contribution in [0.4, 0.5) is 0 Å². The molecule has 2 rings (SSSR count). The highest BCUT2D eigenvalue weighted by atomic mass is 16.9. The summed E-state index contributed by atoms with van der Waals surface area (Å²) >= 11 is 0. The monoisotopic (exact) mass is 348 g/mol. The van der Waals surface area contributed by atoms with Crippen molar-refractivity contribution in [2.75, 3.05) is 14.2 Å². The lowest BCUT2D eigenvalue weighted by Gasteiger charge is -2.39. The Bertz CT molecular complexity index is 520. The quantitative estimate of drug-likeness (QED) is 0.485. The molecule has 136 valence electrons. The van der Waals surface area contributed by atoms with Crippen LogP contribution >= 0.6 is 0 Å². The molecule has 2 aliphatic rings. The molecule has 10 heteroatoms. The highest BCUT2D eigenvalue weighted by Crippen LogP contribution is 2.39. The lowest BCUT2D eigenvalue weighted by molar-refractivity contribution is -0.333. The number of esters is 3. The number of carbonyl (C=O) groups is 3. The van der Waals surface area contributed by atoms with Gasteiger partial charge in [0.05, 0.1) is 7.11 Å². The van der Waals surface area contributed by atoms with E-state index in [1.807, 2.05) is 0 Å². The number of carbonyl (C=O) groups excluding carboxylic acids is 3. The van der Waals surface area contributed by atoms with Gasteiger partial charge in [-0.25, -0.2) is 4.79 Å². The smallest absolute Gasteiger partial charge is 0.339 e. The second-order valence-corrected chi connectivity index (χ2v) is 5.36. The standard InChI is InChI=1S/C14H20O10/c1-6(15)20-8-9(21-7(2)16)11-13(22-10(8)12(17)18-4)24-14(3,19-5)23-11/h8-11,13H,1-5H3/t8-,9-,10+,11+,13+,14+/m0/s1. The number of fused-ring (bicyclic) bond motifs is 1. The molecule has 6 atom stereocenters. The molecule has 0 bridgehead atoms. The third-order valence-electron chi connectivity index (χ3n) is 3.58. The maximum atomic E-state index is 12.0. The van der Waals surface area contributed by atoms with Crippen molar-refractivity contribution >= 4 is 17.9 Å². The van der Waals surface area contributed by atoms with E-state index in [1.165, 1.54) is 21.0 Å². The van der Waals surface area contributed by atoms with Crippen LogP contribution in [0, 0.1) is 0 Å². The van der Waals surface area contributed by atoms with Crippen molar-refractivity contribution in [3.63, 3.8) is 0 Å². The van der Waals surface area contributed by atoms with Crippen LogP contribution in [-0.4, -0.2) is 68.8 Å². The van der Waals surface area contributed by atoms with Crippen LogP contribution in [0.2, 0.25) is 0 Å². The Morgan fingerprint density at radius 2 is 1.54 bits per heavy atom. The summed E-state index contributed by atoms with van der Waals surface area (Å²) < 4.78 is 36.7. The molecular formula is C14H20O10. The molecule has 10 nitrogen and oxygen atoms in total. The Balaban J connectivity index is 2.37. The molecular weight excluding hydrogens is 328 g/mol. The predicted molar refractivity (Wildman–Crippen MR) is 73.2 cm³/mol. The van der Waals surface area contributed by atoms with Crippen molar-refractivity contribution in [1.29, 1.82) is 0 Å². The van der Waals surface area contributed by atoms with Gasteiger partial charge >= 0.3 is 17.9 Å². The van der Waals surface area contributed by atoms with Gasteiger partial charge in [-0.2, -0.15) is 0 Å². The van der Waals surface area contributed by atoms with Gasteiger partial charge in [-0.15, -0.1) is 0 Å². The zero-order chi connectivity index (χ0) is 18.1.